The van der Waals surface area contributed by atoms with E-state index in [1.807, 2.05) is 20.8 Å². The van der Waals surface area contributed by atoms with Crippen LogP contribution < -0.4 is 5.73 Å². The van der Waals surface area contributed by atoms with E-state index in [0.717, 1.165) is 5.69 Å². The summed E-state index contributed by atoms with van der Waals surface area (Å²) in [4.78, 5) is 19.4. The van der Waals surface area contributed by atoms with Crippen molar-refractivity contribution >= 4 is 5.97 Å². The molecule has 0 amide bonds. The third-order valence-corrected chi connectivity index (χ3v) is 1.78. The van der Waals surface area contributed by atoms with Crippen LogP contribution >= 0.6 is 0 Å². The van der Waals surface area contributed by atoms with Gasteiger partial charge < -0.3 is 10.5 Å². The number of aromatic nitrogens is 2. The summed E-state index contributed by atoms with van der Waals surface area (Å²) in [6.07, 6.45) is 3.40. The number of carbonyl (C=O) groups excluding carboxylic acids is 1. The van der Waals surface area contributed by atoms with Gasteiger partial charge in [0.25, 0.3) is 0 Å². The predicted octanol–water partition coefficient (Wildman–Crippen LogP) is 0.688. The lowest BCUT2D eigenvalue weighted by molar-refractivity contribution is -0.156. The number of rotatable bonds is 3. The number of esters is 1. The molecule has 0 radical (unpaired) electrons. The van der Waals surface area contributed by atoms with E-state index in [-0.39, 0.29) is 0 Å². The fourth-order valence-corrected chi connectivity index (χ4v) is 1.12. The van der Waals surface area contributed by atoms with Crippen LogP contribution in [0, 0.1) is 0 Å². The molecule has 0 aliphatic rings. The number of hydrogen-bond donors (Lipinski definition) is 1. The third kappa shape index (κ3) is 4.35. The molecule has 0 saturated heterocycles. The van der Waals surface area contributed by atoms with Gasteiger partial charge in [-0.3, -0.25) is 4.79 Å². The summed E-state index contributed by atoms with van der Waals surface area (Å²) < 4.78 is 5.16. The Morgan fingerprint density at radius 3 is 2.75 bits per heavy atom. The first-order valence-corrected chi connectivity index (χ1v) is 5.12. The number of hydrogen-bond acceptors (Lipinski definition) is 5. The van der Waals surface area contributed by atoms with Gasteiger partial charge in [-0.2, -0.15) is 0 Å². The molecule has 1 heterocycles. The second kappa shape index (κ2) is 5.03. The topological polar surface area (TPSA) is 78.1 Å². The van der Waals surface area contributed by atoms with Crippen molar-refractivity contribution in [2.75, 3.05) is 0 Å². The molecular weight excluding hydrogens is 206 g/mol. The fraction of sp³-hybridized carbons (Fsp3) is 0.545. The lowest BCUT2D eigenvalue weighted by atomic mass is 10.1. The van der Waals surface area contributed by atoms with Gasteiger partial charge in [-0.05, 0) is 26.8 Å². The van der Waals surface area contributed by atoms with Crippen molar-refractivity contribution in [3.8, 4) is 0 Å². The molecule has 0 aromatic carbocycles. The summed E-state index contributed by atoms with van der Waals surface area (Å²) in [5, 5.41) is 0. The molecule has 16 heavy (non-hydrogen) atoms. The highest BCUT2D eigenvalue weighted by atomic mass is 16.6. The first-order chi connectivity index (χ1) is 7.38. The fourth-order valence-electron chi connectivity index (χ4n) is 1.12. The number of nitrogens with zero attached hydrogens (tertiary/aromatic N) is 2. The van der Waals surface area contributed by atoms with Crippen LogP contribution in [-0.2, 0) is 16.0 Å². The maximum absolute atomic E-state index is 11.6. The Hall–Kier alpha value is -1.49. The molecule has 0 bridgehead atoms. The van der Waals surface area contributed by atoms with Gasteiger partial charge in [0.1, 0.15) is 18.0 Å². The first-order valence-electron chi connectivity index (χ1n) is 5.12. The Balaban J connectivity index is 2.53. The quantitative estimate of drug-likeness (QED) is 0.763. The number of carbonyl (C=O) groups is 1. The highest BCUT2D eigenvalue weighted by Crippen LogP contribution is 2.09. The number of nitrogens with two attached hydrogens (primary N) is 1. The molecule has 0 aliphatic heterocycles. The molecule has 0 fully saturated rings. The predicted molar refractivity (Wildman–Crippen MR) is 59.6 cm³/mol. The monoisotopic (exact) mass is 223 g/mol. The van der Waals surface area contributed by atoms with Gasteiger partial charge in [0.05, 0.1) is 0 Å². The molecule has 5 heteroatoms. The van der Waals surface area contributed by atoms with Crippen LogP contribution in [0.1, 0.15) is 26.5 Å². The number of ether oxygens (including phenoxy) is 1. The average Bonchev–Trinajstić information content (AvgIpc) is 2.16. The lowest BCUT2D eigenvalue weighted by Gasteiger charge is -2.21. The van der Waals surface area contributed by atoms with Gasteiger partial charge in [0.15, 0.2) is 0 Å². The molecule has 1 aromatic rings. The second-order valence-corrected chi connectivity index (χ2v) is 4.54. The van der Waals surface area contributed by atoms with Gasteiger partial charge in [-0.1, -0.05) is 0 Å². The molecular formula is C11H17N3O2. The van der Waals surface area contributed by atoms with E-state index in [0.29, 0.717) is 6.42 Å². The molecule has 0 unspecified atom stereocenters. The summed E-state index contributed by atoms with van der Waals surface area (Å²) in [6, 6.07) is 1.04. The van der Waals surface area contributed by atoms with E-state index in [4.69, 9.17) is 10.5 Å². The SMILES string of the molecule is CC(C)(C)OC(=O)[C@@H](N)Cc1ccncn1. The van der Waals surface area contributed by atoms with Crippen LogP contribution in [0.3, 0.4) is 0 Å². The Labute approximate surface area is 95.0 Å². The van der Waals surface area contributed by atoms with E-state index in [9.17, 15) is 4.79 Å². The minimum Gasteiger partial charge on any atom is -0.459 e. The largest absolute Gasteiger partial charge is 0.459 e. The van der Waals surface area contributed by atoms with Crippen LogP contribution in [0.5, 0.6) is 0 Å². The second-order valence-electron chi connectivity index (χ2n) is 4.54. The van der Waals surface area contributed by atoms with Gasteiger partial charge in [-0.25, -0.2) is 9.97 Å². The van der Waals surface area contributed by atoms with Crippen LogP contribution in [-0.4, -0.2) is 27.6 Å². The molecule has 2 N–H and O–H groups in total. The average molecular weight is 223 g/mol. The molecule has 1 aromatic heterocycles. The minimum atomic E-state index is -0.686. The highest BCUT2D eigenvalue weighted by Gasteiger charge is 2.22. The van der Waals surface area contributed by atoms with Gasteiger partial charge in [0.2, 0.25) is 0 Å². The Kier molecular flexibility index (Phi) is 3.95. The molecule has 1 atom stereocenters. The van der Waals surface area contributed by atoms with Crippen molar-refractivity contribution in [2.24, 2.45) is 5.73 Å². The highest BCUT2D eigenvalue weighted by molar-refractivity contribution is 5.76. The van der Waals surface area contributed by atoms with Crippen molar-refractivity contribution in [3.63, 3.8) is 0 Å². The zero-order valence-corrected chi connectivity index (χ0v) is 9.80. The Morgan fingerprint density at radius 2 is 2.25 bits per heavy atom. The zero-order chi connectivity index (χ0) is 12.2. The van der Waals surface area contributed by atoms with E-state index in [2.05, 4.69) is 9.97 Å². The van der Waals surface area contributed by atoms with Crippen molar-refractivity contribution in [1.29, 1.82) is 0 Å². The van der Waals surface area contributed by atoms with Gasteiger partial charge in [0, 0.05) is 18.3 Å². The van der Waals surface area contributed by atoms with Crippen LogP contribution in [0.15, 0.2) is 18.6 Å². The molecule has 88 valence electrons. The maximum Gasteiger partial charge on any atom is 0.323 e. The Bertz CT molecular complexity index is 346. The third-order valence-electron chi connectivity index (χ3n) is 1.78. The Morgan fingerprint density at radius 1 is 1.56 bits per heavy atom. The van der Waals surface area contributed by atoms with Gasteiger partial charge >= 0.3 is 5.97 Å². The summed E-state index contributed by atoms with van der Waals surface area (Å²) in [6.45, 7) is 5.42. The van der Waals surface area contributed by atoms with Crippen molar-refractivity contribution in [1.82, 2.24) is 9.97 Å². The van der Waals surface area contributed by atoms with Crippen molar-refractivity contribution in [2.45, 2.75) is 38.8 Å². The minimum absolute atomic E-state index is 0.359. The zero-order valence-electron chi connectivity index (χ0n) is 9.80. The normalized spacial score (nSPS) is 13.2. The lowest BCUT2D eigenvalue weighted by Crippen LogP contribution is -2.39. The van der Waals surface area contributed by atoms with E-state index in [1.54, 1.807) is 12.3 Å². The molecule has 5 nitrogen and oxygen atoms in total. The van der Waals surface area contributed by atoms with Crippen molar-refractivity contribution in [3.05, 3.63) is 24.3 Å². The summed E-state index contributed by atoms with van der Waals surface area (Å²) >= 11 is 0. The molecule has 0 spiro atoms. The van der Waals surface area contributed by atoms with E-state index < -0.39 is 17.6 Å². The summed E-state index contributed by atoms with van der Waals surface area (Å²) in [7, 11) is 0. The first kappa shape index (κ1) is 12.6. The molecule has 0 saturated carbocycles. The smallest absolute Gasteiger partial charge is 0.323 e. The van der Waals surface area contributed by atoms with E-state index in [1.165, 1.54) is 6.33 Å². The van der Waals surface area contributed by atoms with Crippen LogP contribution in [0.25, 0.3) is 0 Å². The van der Waals surface area contributed by atoms with Crippen LogP contribution in [0.4, 0.5) is 0 Å². The van der Waals surface area contributed by atoms with Crippen LogP contribution in [0.2, 0.25) is 0 Å². The van der Waals surface area contributed by atoms with Crippen molar-refractivity contribution < 1.29 is 9.53 Å². The standard InChI is InChI=1S/C11H17N3O2/c1-11(2,3)16-10(15)9(12)6-8-4-5-13-7-14-8/h4-5,7,9H,6,12H2,1-3H3/t9-/m0/s1. The molecule has 1 rings (SSSR count). The molecule has 0 aliphatic carbocycles. The van der Waals surface area contributed by atoms with Gasteiger partial charge in [-0.15, -0.1) is 0 Å². The summed E-state index contributed by atoms with van der Waals surface area (Å²) in [5.74, 6) is -0.411. The van der Waals surface area contributed by atoms with E-state index >= 15 is 0 Å². The summed E-state index contributed by atoms with van der Waals surface area (Å²) in [5.41, 5.74) is 5.94. The maximum atomic E-state index is 11.6.